The molecular formula is C11H12N4O2. The van der Waals surface area contributed by atoms with Crippen LogP contribution >= 0.6 is 0 Å². The van der Waals surface area contributed by atoms with E-state index in [2.05, 4.69) is 10.4 Å². The van der Waals surface area contributed by atoms with Gasteiger partial charge in [0.1, 0.15) is 5.82 Å². The molecule has 0 radical (unpaired) electrons. The van der Waals surface area contributed by atoms with Crippen LogP contribution in [0.1, 0.15) is 11.1 Å². The molecule has 0 amide bonds. The van der Waals surface area contributed by atoms with Crippen molar-refractivity contribution in [3.63, 3.8) is 0 Å². The van der Waals surface area contributed by atoms with Gasteiger partial charge < -0.3 is 5.43 Å². The molecule has 3 N–H and O–H groups in total. The summed E-state index contributed by atoms with van der Waals surface area (Å²) in [4.78, 5) is 14.7. The number of nitrogens with zero attached hydrogens (tertiary/aromatic N) is 2. The molecule has 1 aromatic heterocycles. The van der Waals surface area contributed by atoms with E-state index >= 15 is 0 Å². The Morgan fingerprint density at radius 1 is 1.41 bits per heavy atom. The van der Waals surface area contributed by atoms with Crippen LogP contribution in [0.25, 0.3) is 10.9 Å². The van der Waals surface area contributed by atoms with Gasteiger partial charge in [0.05, 0.1) is 16.0 Å². The van der Waals surface area contributed by atoms with Crippen molar-refractivity contribution < 1.29 is 4.92 Å². The molecule has 6 nitrogen and oxygen atoms in total. The number of hydrazine groups is 1. The molecule has 0 unspecified atom stereocenters. The summed E-state index contributed by atoms with van der Waals surface area (Å²) in [5, 5.41) is 11.7. The van der Waals surface area contributed by atoms with Crippen LogP contribution in [0.3, 0.4) is 0 Å². The van der Waals surface area contributed by atoms with Crippen molar-refractivity contribution in [1.82, 2.24) is 4.98 Å². The summed E-state index contributed by atoms with van der Waals surface area (Å²) >= 11 is 0. The molecule has 1 heterocycles. The predicted molar refractivity (Wildman–Crippen MR) is 65.7 cm³/mol. The summed E-state index contributed by atoms with van der Waals surface area (Å²) in [5.74, 6) is 5.87. The number of nitrogens with two attached hydrogens (primary N) is 1. The van der Waals surface area contributed by atoms with Crippen LogP contribution in [0.4, 0.5) is 11.5 Å². The number of hydrogen-bond acceptors (Lipinski definition) is 5. The molecule has 17 heavy (non-hydrogen) atoms. The zero-order chi connectivity index (χ0) is 12.6. The highest BCUT2D eigenvalue weighted by molar-refractivity contribution is 5.87. The Morgan fingerprint density at radius 2 is 2.12 bits per heavy atom. The second-order valence-corrected chi connectivity index (χ2v) is 3.84. The van der Waals surface area contributed by atoms with E-state index in [4.69, 9.17) is 5.84 Å². The van der Waals surface area contributed by atoms with E-state index in [1.807, 2.05) is 13.0 Å². The Kier molecular flexibility index (Phi) is 2.64. The average Bonchev–Trinajstić information content (AvgIpc) is 2.28. The van der Waals surface area contributed by atoms with Crippen molar-refractivity contribution in [3.8, 4) is 0 Å². The second-order valence-electron chi connectivity index (χ2n) is 3.84. The molecule has 1 aromatic carbocycles. The molecular weight excluding hydrogens is 220 g/mol. The Morgan fingerprint density at radius 3 is 2.71 bits per heavy atom. The van der Waals surface area contributed by atoms with Gasteiger partial charge in [0.25, 0.3) is 5.69 Å². The van der Waals surface area contributed by atoms with Crippen LogP contribution in [0, 0.1) is 24.0 Å². The number of rotatable bonds is 2. The standard InChI is InChI=1S/C11H12N4O2/c1-6-5-8-3-4-9(15(16)17)7(2)10(8)13-11(6)14-12/h3-5H,12H2,1-2H3,(H,13,14). The quantitative estimate of drug-likeness (QED) is 0.469. The number of pyridine rings is 1. The molecule has 0 aliphatic heterocycles. The van der Waals surface area contributed by atoms with Gasteiger partial charge in [0, 0.05) is 11.5 Å². The molecule has 2 aromatic rings. The van der Waals surface area contributed by atoms with Crippen LogP contribution in [0.5, 0.6) is 0 Å². The fourth-order valence-electron chi connectivity index (χ4n) is 1.82. The van der Waals surface area contributed by atoms with Gasteiger partial charge >= 0.3 is 0 Å². The lowest BCUT2D eigenvalue weighted by molar-refractivity contribution is -0.385. The highest BCUT2D eigenvalue weighted by atomic mass is 16.6. The van der Waals surface area contributed by atoms with Crippen molar-refractivity contribution in [1.29, 1.82) is 0 Å². The van der Waals surface area contributed by atoms with E-state index < -0.39 is 4.92 Å². The van der Waals surface area contributed by atoms with Gasteiger partial charge in [-0.2, -0.15) is 0 Å². The first-order chi connectivity index (χ1) is 8.04. The lowest BCUT2D eigenvalue weighted by Crippen LogP contribution is -2.10. The molecule has 88 valence electrons. The molecule has 0 aliphatic rings. The molecule has 0 atom stereocenters. The number of hydrogen-bond donors (Lipinski definition) is 2. The molecule has 0 saturated carbocycles. The maximum Gasteiger partial charge on any atom is 0.274 e. The summed E-state index contributed by atoms with van der Waals surface area (Å²) in [6, 6.07) is 5.09. The highest BCUT2D eigenvalue weighted by Crippen LogP contribution is 2.28. The van der Waals surface area contributed by atoms with E-state index in [0.717, 1.165) is 10.9 Å². The third kappa shape index (κ3) is 1.78. The number of aryl methyl sites for hydroxylation is 2. The van der Waals surface area contributed by atoms with E-state index in [-0.39, 0.29) is 5.69 Å². The van der Waals surface area contributed by atoms with E-state index in [9.17, 15) is 10.1 Å². The van der Waals surface area contributed by atoms with Crippen LogP contribution < -0.4 is 11.3 Å². The third-order valence-corrected chi connectivity index (χ3v) is 2.74. The van der Waals surface area contributed by atoms with E-state index in [1.165, 1.54) is 6.07 Å². The molecule has 0 aliphatic carbocycles. The van der Waals surface area contributed by atoms with Gasteiger partial charge in [-0.25, -0.2) is 10.8 Å². The summed E-state index contributed by atoms with van der Waals surface area (Å²) in [5.41, 5.74) is 4.59. The van der Waals surface area contributed by atoms with Crippen molar-refractivity contribution in [2.45, 2.75) is 13.8 Å². The number of nitro benzene ring substituents is 1. The molecule has 2 rings (SSSR count). The van der Waals surface area contributed by atoms with Gasteiger partial charge in [-0.3, -0.25) is 10.1 Å². The summed E-state index contributed by atoms with van der Waals surface area (Å²) in [6.45, 7) is 3.56. The maximum atomic E-state index is 10.8. The minimum atomic E-state index is -0.411. The topological polar surface area (TPSA) is 94.1 Å². The van der Waals surface area contributed by atoms with Crippen LogP contribution in [0.2, 0.25) is 0 Å². The normalized spacial score (nSPS) is 10.5. The Balaban J connectivity index is 2.80. The number of aromatic nitrogens is 1. The predicted octanol–water partition coefficient (Wildman–Crippen LogP) is 2.05. The maximum absolute atomic E-state index is 10.8. The molecule has 6 heteroatoms. The summed E-state index contributed by atoms with van der Waals surface area (Å²) in [6.07, 6.45) is 0. The summed E-state index contributed by atoms with van der Waals surface area (Å²) in [7, 11) is 0. The first-order valence-corrected chi connectivity index (χ1v) is 5.06. The highest BCUT2D eigenvalue weighted by Gasteiger charge is 2.14. The number of fused-ring (bicyclic) bond motifs is 1. The smallest absolute Gasteiger partial charge is 0.274 e. The minimum Gasteiger partial charge on any atom is -0.308 e. The molecule has 0 fully saturated rings. The van der Waals surface area contributed by atoms with Crippen molar-refractivity contribution in [3.05, 3.63) is 39.4 Å². The van der Waals surface area contributed by atoms with Crippen LogP contribution in [-0.4, -0.2) is 9.91 Å². The van der Waals surface area contributed by atoms with Gasteiger partial charge in [-0.15, -0.1) is 0 Å². The monoisotopic (exact) mass is 232 g/mol. The molecule has 0 bridgehead atoms. The number of anilines is 1. The fourth-order valence-corrected chi connectivity index (χ4v) is 1.82. The van der Waals surface area contributed by atoms with E-state index in [0.29, 0.717) is 16.9 Å². The van der Waals surface area contributed by atoms with Gasteiger partial charge in [-0.05, 0) is 31.5 Å². The lowest BCUT2D eigenvalue weighted by Gasteiger charge is -2.08. The Labute approximate surface area is 97.6 Å². The number of nitro groups is 1. The molecule has 0 saturated heterocycles. The fraction of sp³-hybridized carbons (Fsp3) is 0.182. The number of benzene rings is 1. The van der Waals surface area contributed by atoms with E-state index in [1.54, 1.807) is 13.0 Å². The van der Waals surface area contributed by atoms with Gasteiger partial charge in [0.15, 0.2) is 0 Å². The Hall–Kier alpha value is -2.21. The SMILES string of the molecule is Cc1cc2ccc([N+](=O)[O-])c(C)c2nc1NN. The van der Waals surface area contributed by atoms with Crippen LogP contribution in [0.15, 0.2) is 18.2 Å². The molecule has 0 spiro atoms. The lowest BCUT2D eigenvalue weighted by atomic mass is 10.1. The zero-order valence-corrected chi connectivity index (χ0v) is 9.52. The largest absolute Gasteiger partial charge is 0.308 e. The minimum absolute atomic E-state index is 0.0665. The number of nitrogens with one attached hydrogen (secondary N) is 1. The second kappa shape index (κ2) is 3.99. The first kappa shape index (κ1) is 11.3. The Bertz CT molecular complexity index is 610. The van der Waals surface area contributed by atoms with Crippen LogP contribution in [-0.2, 0) is 0 Å². The first-order valence-electron chi connectivity index (χ1n) is 5.06. The third-order valence-electron chi connectivity index (χ3n) is 2.74. The van der Waals surface area contributed by atoms with Crippen molar-refractivity contribution in [2.24, 2.45) is 5.84 Å². The average molecular weight is 232 g/mol. The van der Waals surface area contributed by atoms with Gasteiger partial charge in [0.2, 0.25) is 0 Å². The van der Waals surface area contributed by atoms with Gasteiger partial charge in [-0.1, -0.05) is 0 Å². The summed E-state index contributed by atoms with van der Waals surface area (Å²) < 4.78 is 0. The van der Waals surface area contributed by atoms with Crippen molar-refractivity contribution >= 4 is 22.4 Å². The number of nitrogen functional groups attached to an aromatic ring is 1. The zero-order valence-electron chi connectivity index (χ0n) is 9.52. The van der Waals surface area contributed by atoms with Crippen molar-refractivity contribution in [2.75, 3.05) is 5.43 Å².